The summed E-state index contributed by atoms with van der Waals surface area (Å²) in [6, 6.07) is 7.23. The maximum Gasteiger partial charge on any atom is 0.434 e. The van der Waals surface area contributed by atoms with E-state index in [1.54, 1.807) is 23.8 Å². The number of benzene rings is 1. The van der Waals surface area contributed by atoms with Crippen LogP contribution in [0.5, 0.6) is 5.88 Å². The van der Waals surface area contributed by atoms with Crippen LogP contribution in [0, 0.1) is 0 Å². The van der Waals surface area contributed by atoms with Gasteiger partial charge in [-0.25, -0.2) is 24.9 Å². The number of aromatic nitrogens is 8. The molecule has 9 nitrogen and oxygen atoms in total. The number of hydrogen-bond donors (Lipinski definition) is 0. The zero-order valence-corrected chi connectivity index (χ0v) is 23.7. The van der Waals surface area contributed by atoms with E-state index in [-0.39, 0.29) is 11.9 Å². The number of methoxy groups -OCH3 is 1. The van der Waals surface area contributed by atoms with Gasteiger partial charge in [0.05, 0.1) is 34.6 Å². The first-order valence-corrected chi connectivity index (χ1v) is 14.2. The highest BCUT2D eigenvalue weighted by molar-refractivity contribution is 7.14. The van der Waals surface area contributed by atoms with Crippen molar-refractivity contribution >= 4 is 32.8 Å². The standard InChI is InChI=1S/C29H25F3N8OS/c1-15(2)39-13-21(29(30,31)32)37-26(39)18-6-4-16(5-7-18)12-40-20-11-36-42-24(20)19-10-33-25(38-27(19)40)22-23(17-8-9-17)34-14-35-28(22)41-3/h4-7,10-11,13-15,17H,8-9,12H2,1-3H3. The van der Waals surface area contributed by atoms with E-state index in [0.29, 0.717) is 35.3 Å². The summed E-state index contributed by atoms with van der Waals surface area (Å²) in [5.74, 6) is 1.56. The molecule has 13 heteroatoms. The molecule has 5 heterocycles. The Morgan fingerprint density at radius 1 is 1.05 bits per heavy atom. The smallest absolute Gasteiger partial charge is 0.434 e. The summed E-state index contributed by atoms with van der Waals surface area (Å²) in [4.78, 5) is 22.5. The molecule has 1 aromatic carbocycles. The maximum absolute atomic E-state index is 13.4. The number of rotatable bonds is 7. The molecular weight excluding hydrogens is 565 g/mol. The average molecular weight is 591 g/mol. The van der Waals surface area contributed by atoms with E-state index in [2.05, 4.69) is 23.9 Å². The second kappa shape index (κ2) is 9.86. The quantitative estimate of drug-likeness (QED) is 0.200. The second-order valence-corrected chi connectivity index (χ2v) is 11.4. The largest absolute Gasteiger partial charge is 0.480 e. The highest BCUT2D eigenvalue weighted by Gasteiger charge is 2.35. The zero-order chi connectivity index (χ0) is 29.2. The minimum atomic E-state index is -4.51. The highest BCUT2D eigenvalue weighted by atomic mass is 32.1. The van der Waals surface area contributed by atoms with E-state index >= 15 is 0 Å². The Morgan fingerprint density at radius 3 is 2.52 bits per heavy atom. The Kier molecular flexibility index (Phi) is 6.22. The van der Waals surface area contributed by atoms with Crippen LogP contribution in [0.4, 0.5) is 13.2 Å². The molecule has 0 atom stereocenters. The van der Waals surface area contributed by atoms with Crippen molar-refractivity contribution in [3.05, 3.63) is 66.1 Å². The molecule has 0 radical (unpaired) electrons. The predicted octanol–water partition coefficient (Wildman–Crippen LogP) is 6.90. The monoisotopic (exact) mass is 590 g/mol. The molecule has 0 amide bonds. The molecule has 1 saturated carbocycles. The van der Waals surface area contributed by atoms with Gasteiger partial charge in [0.2, 0.25) is 5.88 Å². The van der Waals surface area contributed by atoms with Gasteiger partial charge in [-0.1, -0.05) is 24.3 Å². The molecule has 1 aliphatic rings. The van der Waals surface area contributed by atoms with Gasteiger partial charge in [-0.2, -0.15) is 17.5 Å². The average Bonchev–Trinajstić information content (AvgIpc) is 3.41. The summed E-state index contributed by atoms with van der Waals surface area (Å²) in [7, 11) is 1.58. The molecule has 42 heavy (non-hydrogen) atoms. The van der Waals surface area contributed by atoms with Gasteiger partial charge in [0.1, 0.15) is 23.4 Å². The summed E-state index contributed by atoms with van der Waals surface area (Å²) in [6.07, 6.45) is 3.80. The Balaban J connectivity index is 1.29. The first-order valence-electron chi connectivity index (χ1n) is 13.5. The van der Waals surface area contributed by atoms with Gasteiger partial charge in [-0.3, -0.25) is 0 Å². The number of hydrogen-bond acceptors (Lipinski definition) is 8. The number of nitrogens with zero attached hydrogens (tertiary/aromatic N) is 8. The minimum Gasteiger partial charge on any atom is -0.480 e. The lowest BCUT2D eigenvalue weighted by atomic mass is 10.1. The molecule has 0 saturated heterocycles. The molecule has 0 unspecified atom stereocenters. The summed E-state index contributed by atoms with van der Waals surface area (Å²) >= 11 is 1.38. The van der Waals surface area contributed by atoms with Gasteiger partial charge in [0.15, 0.2) is 11.5 Å². The van der Waals surface area contributed by atoms with Crippen molar-refractivity contribution in [1.29, 1.82) is 0 Å². The number of imidazole rings is 1. The first kappa shape index (κ1) is 26.5. The molecule has 7 rings (SSSR count). The lowest BCUT2D eigenvalue weighted by Gasteiger charge is -2.13. The fraction of sp³-hybridized carbons (Fsp3) is 0.310. The number of alkyl halides is 3. The van der Waals surface area contributed by atoms with Crippen LogP contribution < -0.4 is 4.74 Å². The number of halogens is 3. The van der Waals surface area contributed by atoms with Gasteiger partial charge in [0.25, 0.3) is 0 Å². The van der Waals surface area contributed by atoms with Crippen LogP contribution in [0.25, 0.3) is 44.0 Å². The molecular formula is C29H25F3N8OS. The molecule has 0 bridgehead atoms. The molecule has 1 fully saturated rings. The Hall–Kier alpha value is -4.39. The van der Waals surface area contributed by atoms with Crippen molar-refractivity contribution in [2.45, 2.75) is 51.4 Å². The summed E-state index contributed by atoms with van der Waals surface area (Å²) in [5, 5.41) is 0.885. The zero-order valence-electron chi connectivity index (χ0n) is 22.9. The predicted molar refractivity (Wildman–Crippen MR) is 152 cm³/mol. The van der Waals surface area contributed by atoms with Crippen molar-refractivity contribution in [1.82, 2.24) is 38.4 Å². The van der Waals surface area contributed by atoms with E-state index in [1.165, 1.54) is 17.9 Å². The van der Waals surface area contributed by atoms with Crippen molar-refractivity contribution < 1.29 is 17.9 Å². The molecule has 5 aromatic heterocycles. The van der Waals surface area contributed by atoms with Crippen LogP contribution in [-0.4, -0.2) is 45.5 Å². The molecule has 0 N–H and O–H groups in total. The van der Waals surface area contributed by atoms with Gasteiger partial charge < -0.3 is 13.9 Å². The van der Waals surface area contributed by atoms with Gasteiger partial charge in [-0.05, 0) is 43.8 Å². The van der Waals surface area contributed by atoms with Crippen LogP contribution in [0.3, 0.4) is 0 Å². The number of fused-ring (bicyclic) bond motifs is 3. The Bertz CT molecular complexity index is 1940. The summed E-state index contributed by atoms with van der Waals surface area (Å²) in [5.41, 5.74) is 3.92. The van der Waals surface area contributed by atoms with Crippen LogP contribution in [0.15, 0.2) is 49.2 Å². The van der Waals surface area contributed by atoms with E-state index in [1.807, 2.05) is 38.4 Å². The van der Waals surface area contributed by atoms with Crippen LogP contribution in [-0.2, 0) is 12.7 Å². The van der Waals surface area contributed by atoms with Crippen LogP contribution in [0.2, 0.25) is 0 Å². The molecule has 0 aliphatic heterocycles. The van der Waals surface area contributed by atoms with E-state index in [9.17, 15) is 13.2 Å². The van der Waals surface area contributed by atoms with E-state index < -0.39 is 11.9 Å². The van der Waals surface area contributed by atoms with Crippen molar-refractivity contribution in [2.75, 3.05) is 7.11 Å². The third kappa shape index (κ3) is 4.48. The number of ether oxygens (including phenoxy) is 1. The lowest BCUT2D eigenvalue weighted by molar-refractivity contribution is -0.140. The van der Waals surface area contributed by atoms with Crippen molar-refractivity contribution in [2.24, 2.45) is 0 Å². The molecule has 1 aliphatic carbocycles. The van der Waals surface area contributed by atoms with Crippen molar-refractivity contribution in [3.63, 3.8) is 0 Å². The van der Waals surface area contributed by atoms with Gasteiger partial charge in [0, 0.05) is 36.5 Å². The molecule has 214 valence electrons. The molecule has 0 spiro atoms. The Labute approximate surface area is 242 Å². The van der Waals surface area contributed by atoms with Gasteiger partial charge in [-0.15, -0.1) is 0 Å². The lowest BCUT2D eigenvalue weighted by Crippen LogP contribution is -2.05. The van der Waals surface area contributed by atoms with Crippen LogP contribution in [0.1, 0.15) is 55.6 Å². The van der Waals surface area contributed by atoms with Gasteiger partial charge >= 0.3 is 6.18 Å². The molecule has 6 aromatic rings. The summed E-state index contributed by atoms with van der Waals surface area (Å²) in [6.45, 7) is 4.13. The topological polar surface area (TPSA) is 96.4 Å². The normalized spacial score (nSPS) is 14.0. The summed E-state index contributed by atoms with van der Waals surface area (Å²) < 4.78 is 54.8. The fourth-order valence-electron chi connectivity index (χ4n) is 5.24. The fourth-order valence-corrected chi connectivity index (χ4v) is 6.00. The van der Waals surface area contributed by atoms with Crippen molar-refractivity contribution in [3.8, 4) is 28.7 Å². The maximum atomic E-state index is 13.4. The second-order valence-electron chi connectivity index (χ2n) is 10.6. The highest BCUT2D eigenvalue weighted by Crippen LogP contribution is 2.45. The first-order chi connectivity index (χ1) is 20.2. The third-order valence-corrected chi connectivity index (χ3v) is 8.29. The van der Waals surface area contributed by atoms with E-state index in [4.69, 9.17) is 14.7 Å². The third-order valence-electron chi connectivity index (χ3n) is 7.47. The SMILES string of the molecule is COc1ncnc(C2CC2)c1-c1ncc2c3sncc3n(Cc3ccc(-c4nc(C(F)(F)F)cn4C(C)C)cc3)c2n1. The van der Waals surface area contributed by atoms with Crippen LogP contribution >= 0.6 is 11.5 Å². The van der Waals surface area contributed by atoms with E-state index in [0.717, 1.165) is 51.5 Å². The Morgan fingerprint density at radius 2 is 1.83 bits per heavy atom. The minimum absolute atomic E-state index is 0.183.